The van der Waals surface area contributed by atoms with E-state index in [2.05, 4.69) is 15.4 Å². The van der Waals surface area contributed by atoms with E-state index < -0.39 is 0 Å². The molecule has 1 saturated heterocycles. The normalized spacial score (nSPS) is 21.4. The minimum absolute atomic E-state index is 0.0351. The van der Waals surface area contributed by atoms with Gasteiger partial charge in [0.2, 0.25) is 11.7 Å². The number of tetrazole rings is 1. The lowest BCUT2D eigenvalue weighted by molar-refractivity contribution is -0.144. The number of aromatic nitrogens is 4. The highest BCUT2D eigenvalue weighted by Crippen LogP contribution is 2.17. The molecule has 1 fully saturated rings. The summed E-state index contributed by atoms with van der Waals surface area (Å²) in [5.41, 5.74) is 0.807. The smallest absolute Gasteiger partial charge is 0.246 e. The van der Waals surface area contributed by atoms with Crippen molar-refractivity contribution in [1.29, 1.82) is 0 Å². The first-order valence-corrected chi connectivity index (χ1v) is 7.86. The van der Waals surface area contributed by atoms with Crippen molar-refractivity contribution in [2.75, 3.05) is 13.1 Å². The fraction of sp³-hybridized carbons (Fsp3) is 0.467. The highest BCUT2D eigenvalue weighted by Gasteiger charge is 2.26. The minimum atomic E-state index is -0.0351. The molecule has 0 aliphatic carbocycles. The van der Waals surface area contributed by atoms with Crippen LogP contribution < -0.4 is 0 Å². The van der Waals surface area contributed by atoms with Crippen LogP contribution in [0, 0.1) is 0 Å². The maximum Gasteiger partial charge on any atom is 0.246 e. The van der Waals surface area contributed by atoms with E-state index in [1.807, 2.05) is 26.0 Å². The molecular formula is C15H18ClN5O2. The molecule has 7 nitrogen and oxygen atoms in total. The van der Waals surface area contributed by atoms with Crippen molar-refractivity contribution in [3.8, 4) is 11.4 Å². The van der Waals surface area contributed by atoms with Crippen molar-refractivity contribution in [3.63, 3.8) is 0 Å². The van der Waals surface area contributed by atoms with E-state index in [1.165, 1.54) is 4.80 Å². The number of halogens is 1. The van der Waals surface area contributed by atoms with Gasteiger partial charge in [-0.1, -0.05) is 11.6 Å². The summed E-state index contributed by atoms with van der Waals surface area (Å²) in [6.07, 6.45) is 0.0760. The Morgan fingerprint density at radius 2 is 1.91 bits per heavy atom. The number of nitrogens with zero attached hydrogens (tertiary/aromatic N) is 5. The first kappa shape index (κ1) is 15.9. The van der Waals surface area contributed by atoms with Crippen molar-refractivity contribution < 1.29 is 9.53 Å². The molecule has 1 aromatic heterocycles. The van der Waals surface area contributed by atoms with Crippen LogP contribution in [0.3, 0.4) is 0 Å². The fourth-order valence-electron chi connectivity index (χ4n) is 2.63. The van der Waals surface area contributed by atoms with Gasteiger partial charge in [-0.25, -0.2) is 0 Å². The van der Waals surface area contributed by atoms with Gasteiger partial charge in [0.1, 0.15) is 6.54 Å². The molecular weight excluding hydrogens is 318 g/mol. The number of rotatable bonds is 3. The molecule has 1 aliphatic heterocycles. The number of amides is 1. The highest BCUT2D eigenvalue weighted by atomic mass is 35.5. The SMILES string of the molecule is C[C@@H]1CN(C(=O)Cn2nnc(-c3ccc(Cl)cc3)n2)C[C@@H](C)O1. The first-order chi connectivity index (χ1) is 11.0. The van der Waals surface area contributed by atoms with E-state index in [4.69, 9.17) is 16.3 Å². The zero-order valence-corrected chi connectivity index (χ0v) is 13.8. The van der Waals surface area contributed by atoms with Crippen molar-refractivity contribution in [3.05, 3.63) is 29.3 Å². The summed E-state index contributed by atoms with van der Waals surface area (Å²) in [6.45, 7) is 5.16. The molecule has 2 heterocycles. The van der Waals surface area contributed by atoms with Crippen molar-refractivity contribution in [2.45, 2.75) is 32.6 Å². The van der Waals surface area contributed by atoms with Crippen LogP contribution in [0.1, 0.15) is 13.8 Å². The van der Waals surface area contributed by atoms with Crippen LogP contribution in [0.2, 0.25) is 5.02 Å². The Morgan fingerprint density at radius 3 is 2.57 bits per heavy atom. The standard InChI is InChI=1S/C15H18ClN5O2/c1-10-7-20(8-11(2)23-10)14(22)9-21-18-15(17-19-21)12-3-5-13(16)6-4-12/h3-6,10-11H,7-9H2,1-2H3/t10-,11-/m1/s1. The van der Waals surface area contributed by atoms with Gasteiger partial charge in [0.15, 0.2) is 0 Å². The molecule has 0 unspecified atom stereocenters. The molecule has 0 saturated carbocycles. The average molecular weight is 336 g/mol. The second kappa shape index (κ2) is 6.64. The van der Waals surface area contributed by atoms with Crippen LogP contribution in [-0.4, -0.2) is 56.3 Å². The molecule has 8 heteroatoms. The Morgan fingerprint density at radius 1 is 1.26 bits per heavy atom. The number of hydrogen-bond acceptors (Lipinski definition) is 5. The summed E-state index contributed by atoms with van der Waals surface area (Å²) >= 11 is 5.86. The van der Waals surface area contributed by atoms with Gasteiger partial charge in [-0.05, 0) is 43.3 Å². The van der Waals surface area contributed by atoms with Crippen molar-refractivity contribution >= 4 is 17.5 Å². The molecule has 1 aromatic carbocycles. The number of benzene rings is 1. The molecule has 0 radical (unpaired) electrons. The molecule has 1 amide bonds. The van der Waals surface area contributed by atoms with E-state index in [1.54, 1.807) is 17.0 Å². The van der Waals surface area contributed by atoms with Gasteiger partial charge in [0, 0.05) is 23.7 Å². The number of morpholine rings is 1. The molecule has 0 N–H and O–H groups in total. The Kier molecular flexibility index (Phi) is 4.58. The number of carbonyl (C=O) groups is 1. The number of hydrogen-bond donors (Lipinski definition) is 0. The van der Waals surface area contributed by atoms with Gasteiger partial charge in [0.05, 0.1) is 12.2 Å². The van der Waals surface area contributed by atoms with Crippen LogP contribution in [0.25, 0.3) is 11.4 Å². The van der Waals surface area contributed by atoms with Gasteiger partial charge in [-0.15, -0.1) is 10.2 Å². The molecule has 2 atom stereocenters. The summed E-state index contributed by atoms with van der Waals surface area (Å²) in [5, 5.41) is 12.8. The van der Waals surface area contributed by atoms with Crippen LogP contribution in [0.4, 0.5) is 0 Å². The Balaban J connectivity index is 1.66. The first-order valence-electron chi connectivity index (χ1n) is 7.48. The molecule has 0 bridgehead atoms. The zero-order valence-electron chi connectivity index (χ0n) is 13.0. The van der Waals surface area contributed by atoms with Gasteiger partial charge in [0.25, 0.3) is 0 Å². The Hall–Kier alpha value is -1.99. The van der Waals surface area contributed by atoms with Crippen LogP contribution >= 0.6 is 11.6 Å². The van der Waals surface area contributed by atoms with Crippen LogP contribution in [0.15, 0.2) is 24.3 Å². The third-order valence-electron chi connectivity index (χ3n) is 3.60. The maximum absolute atomic E-state index is 12.4. The van der Waals surface area contributed by atoms with Crippen LogP contribution in [-0.2, 0) is 16.1 Å². The van der Waals surface area contributed by atoms with Crippen molar-refractivity contribution in [1.82, 2.24) is 25.1 Å². The van der Waals surface area contributed by atoms with Gasteiger partial charge in [-0.2, -0.15) is 4.80 Å². The zero-order chi connectivity index (χ0) is 16.4. The Labute approximate surface area is 139 Å². The molecule has 2 aromatic rings. The molecule has 3 rings (SSSR count). The summed E-state index contributed by atoms with van der Waals surface area (Å²) < 4.78 is 5.63. The second-order valence-corrected chi connectivity index (χ2v) is 6.14. The second-order valence-electron chi connectivity index (χ2n) is 5.71. The Bertz CT molecular complexity index is 677. The fourth-order valence-corrected chi connectivity index (χ4v) is 2.75. The largest absolute Gasteiger partial charge is 0.372 e. The lowest BCUT2D eigenvalue weighted by atomic mass is 10.2. The monoisotopic (exact) mass is 335 g/mol. The van der Waals surface area contributed by atoms with Crippen LogP contribution in [0.5, 0.6) is 0 Å². The van der Waals surface area contributed by atoms with Gasteiger partial charge >= 0.3 is 0 Å². The van der Waals surface area contributed by atoms with Crippen molar-refractivity contribution in [2.24, 2.45) is 0 Å². The molecule has 122 valence electrons. The summed E-state index contributed by atoms with van der Waals surface area (Å²) in [5.74, 6) is 0.435. The average Bonchev–Trinajstić information content (AvgIpc) is 2.95. The third-order valence-corrected chi connectivity index (χ3v) is 3.86. The summed E-state index contributed by atoms with van der Waals surface area (Å²) in [7, 11) is 0. The topological polar surface area (TPSA) is 73.1 Å². The summed E-state index contributed by atoms with van der Waals surface area (Å²) in [6, 6.07) is 7.16. The number of carbonyl (C=O) groups excluding carboxylic acids is 1. The van der Waals surface area contributed by atoms with E-state index in [0.29, 0.717) is 23.9 Å². The quantitative estimate of drug-likeness (QED) is 0.852. The van der Waals surface area contributed by atoms with E-state index in [0.717, 1.165) is 5.56 Å². The van der Waals surface area contributed by atoms with E-state index in [9.17, 15) is 4.79 Å². The van der Waals surface area contributed by atoms with E-state index >= 15 is 0 Å². The lowest BCUT2D eigenvalue weighted by Gasteiger charge is -2.35. The van der Waals surface area contributed by atoms with Gasteiger partial charge in [-0.3, -0.25) is 4.79 Å². The molecule has 1 aliphatic rings. The molecule has 0 spiro atoms. The maximum atomic E-state index is 12.4. The van der Waals surface area contributed by atoms with E-state index in [-0.39, 0.29) is 24.7 Å². The summed E-state index contributed by atoms with van der Waals surface area (Å²) in [4.78, 5) is 15.5. The predicted molar refractivity (Wildman–Crippen MR) is 84.9 cm³/mol. The number of ether oxygens (including phenoxy) is 1. The lowest BCUT2D eigenvalue weighted by Crippen LogP contribution is -2.49. The molecule has 23 heavy (non-hydrogen) atoms. The third kappa shape index (κ3) is 3.86. The predicted octanol–water partition coefficient (Wildman–Crippen LogP) is 1.63. The highest BCUT2D eigenvalue weighted by molar-refractivity contribution is 6.30. The minimum Gasteiger partial charge on any atom is -0.372 e. The van der Waals surface area contributed by atoms with Gasteiger partial charge < -0.3 is 9.64 Å².